The molecule has 1 unspecified atom stereocenters. The number of aromatic nitrogens is 1. The Morgan fingerprint density at radius 3 is 3.11 bits per heavy atom. The third kappa shape index (κ3) is 3.28. The number of carbonyl (C=O) groups excluding carboxylic acids is 1. The molecule has 1 aromatic heterocycles. The number of thiazole rings is 1. The molecule has 0 radical (unpaired) electrons. The average Bonchev–Trinajstić information content (AvgIpc) is 2.99. The summed E-state index contributed by atoms with van der Waals surface area (Å²) in [6.45, 7) is 3.91. The van der Waals surface area contributed by atoms with E-state index < -0.39 is 0 Å². The molecule has 18 heavy (non-hydrogen) atoms. The molecule has 0 aliphatic carbocycles. The zero-order chi connectivity index (χ0) is 13.0. The van der Waals surface area contributed by atoms with Crippen molar-refractivity contribution in [3.05, 3.63) is 16.1 Å². The van der Waals surface area contributed by atoms with E-state index in [1.54, 1.807) is 10.3 Å². The van der Waals surface area contributed by atoms with Gasteiger partial charge in [0.25, 0.3) is 5.91 Å². The van der Waals surface area contributed by atoms with E-state index in [-0.39, 0.29) is 12.5 Å². The Morgan fingerprint density at radius 1 is 1.72 bits per heavy atom. The molecule has 1 saturated heterocycles. The van der Waals surface area contributed by atoms with Gasteiger partial charge >= 0.3 is 0 Å². The van der Waals surface area contributed by atoms with E-state index in [4.69, 9.17) is 5.11 Å². The third-order valence-electron chi connectivity index (χ3n) is 3.10. The monoisotopic (exact) mass is 269 g/mol. The lowest BCUT2D eigenvalue weighted by Crippen LogP contribution is -2.42. The highest BCUT2D eigenvalue weighted by Gasteiger charge is 2.23. The summed E-state index contributed by atoms with van der Waals surface area (Å²) < 4.78 is 0. The molecule has 2 heterocycles. The van der Waals surface area contributed by atoms with Gasteiger partial charge in [0.2, 0.25) is 0 Å². The first kappa shape index (κ1) is 13.5. The molecule has 1 aromatic rings. The fourth-order valence-electron chi connectivity index (χ4n) is 2.20. The number of nitrogens with zero attached hydrogens (tertiary/aromatic N) is 2. The normalized spacial score (nSPS) is 19.1. The van der Waals surface area contributed by atoms with Crippen molar-refractivity contribution >= 4 is 17.2 Å². The predicted molar refractivity (Wildman–Crippen MR) is 70.9 cm³/mol. The molecule has 0 aromatic carbocycles. The van der Waals surface area contributed by atoms with Crippen LogP contribution in [0.3, 0.4) is 0 Å². The van der Waals surface area contributed by atoms with Crippen LogP contribution in [-0.2, 0) is 0 Å². The number of carbonyl (C=O) groups is 1. The van der Waals surface area contributed by atoms with Crippen LogP contribution < -0.4 is 5.32 Å². The van der Waals surface area contributed by atoms with E-state index in [9.17, 15) is 4.79 Å². The van der Waals surface area contributed by atoms with Crippen molar-refractivity contribution in [2.45, 2.75) is 25.8 Å². The Balaban J connectivity index is 2.01. The summed E-state index contributed by atoms with van der Waals surface area (Å²) in [5, 5.41) is 15.1. The topological polar surface area (TPSA) is 65.5 Å². The lowest BCUT2D eigenvalue weighted by molar-refractivity contribution is 0.0701. The summed E-state index contributed by atoms with van der Waals surface area (Å²) in [6, 6.07) is 0.347. The Hall–Kier alpha value is -0.980. The van der Waals surface area contributed by atoms with Crippen LogP contribution >= 0.6 is 11.3 Å². The van der Waals surface area contributed by atoms with Gasteiger partial charge < -0.3 is 15.3 Å². The predicted octanol–water partition coefficient (Wildman–Crippen LogP) is 0.638. The van der Waals surface area contributed by atoms with Crippen molar-refractivity contribution in [3.63, 3.8) is 0 Å². The number of aryl methyl sites for hydroxylation is 1. The summed E-state index contributed by atoms with van der Waals surface area (Å²) in [7, 11) is 0. The zero-order valence-electron chi connectivity index (χ0n) is 10.6. The van der Waals surface area contributed by atoms with Crippen molar-refractivity contribution in [1.29, 1.82) is 0 Å². The fourth-order valence-corrected chi connectivity index (χ4v) is 2.79. The minimum absolute atomic E-state index is 0.0123. The number of aliphatic hydroxyl groups excluding tert-OH is 1. The summed E-state index contributed by atoms with van der Waals surface area (Å²) in [5.74, 6) is -0.0814. The first-order valence-electron chi connectivity index (χ1n) is 6.26. The van der Waals surface area contributed by atoms with Crippen LogP contribution in [0.4, 0.5) is 0 Å². The average molecular weight is 269 g/mol. The zero-order valence-corrected chi connectivity index (χ0v) is 11.4. The number of hydrogen-bond acceptors (Lipinski definition) is 5. The first-order chi connectivity index (χ1) is 8.70. The highest BCUT2D eigenvalue weighted by molar-refractivity contribution is 7.09. The van der Waals surface area contributed by atoms with Crippen LogP contribution in [0.5, 0.6) is 0 Å². The molecule has 0 saturated carbocycles. The number of hydrogen-bond donors (Lipinski definition) is 2. The van der Waals surface area contributed by atoms with E-state index in [2.05, 4.69) is 10.3 Å². The maximum absolute atomic E-state index is 12.3. The second kappa shape index (κ2) is 6.26. The molecule has 0 bridgehead atoms. The second-order valence-corrected chi connectivity index (χ2v) is 5.58. The van der Waals surface area contributed by atoms with Crippen LogP contribution in [0.15, 0.2) is 5.38 Å². The van der Waals surface area contributed by atoms with Gasteiger partial charge in [-0.1, -0.05) is 0 Å². The molecule has 1 aliphatic rings. The lowest BCUT2D eigenvalue weighted by atomic mass is 10.2. The molecule has 1 aliphatic heterocycles. The molecule has 1 atom stereocenters. The van der Waals surface area contributed by atoms with Gasteiger partial charge in [-0.2, -0.15) is 0 Å². The van der Waals surface area contributed by atoms with E-state index in [1.165, 1.54) is 11.3 Å². The third-order valence-corrected chi connectivity index (χ3v) is 3.87. The van der Waals surface area contributed by atoms with Crippen molar-refractivity contribution in [2.75, 3.05) is 26.2 Å². The van der Waals surface area contributed by atoms with Gasteiger partial charge in [-0.25, -0.2) is 4.98 Å². The maximum Gasteiger partial charge on any atom is 0.273 e. The second-order valence-electron chi connectivity index (χ2n) is 4.52. The summed E-state index contributed by atoms with van der Waals surface area (Å²) in [5.41, 5.74) is 0.490. The van der Waals surface area contributed by atoms with Gasteiger partial charge in [0.15, 0.2) is 0 Å². The molecular formula is C12H19N3O2S. The largest absolute Gasteiger partial charge is 0.395 e. The van der Waals surface area contributed by atoms with E-state index >= 15 is 0 Å². The highest BCUT2D eigenvalue weighted by atomic mass is 32.1. The Morgan fingerprint density at radius 2 is 2.56 bits per heavy atom. The van der Waals surface area contributed by atoms with Crippen LogP contribution in [0.2, 0.25) is 0 Å². The van der Waals surface area contributed by atoms with Crippen molar-refractivity contribution in [3.8, 4) is 0 Å². The van der Waals surface area contributed by atoms with E-state index in [0.717, 1.165) is 24.4 Å². The smallest absolute Gasteiger partial charge is 0.273 e. The first-order valence-corrected chi connectivity index (χ1v) is 7.14. The molecule has 2 rings (SSSR count). The van der Waals surface area contributed by atoms with Gasteiger partial charge in [0.05, 0.1) is 11.6 Å². The summed E-state index contributed by atoms with van der Waals surface area (Å²) in [6.07, 6.45) is 2.24. The summed E-state index contributed by atoms with van der Waals surface area (Å²) in [4.78, 5) is 18.2. The van der Waals surface area contributed by atoms with Gasteiger partial charge in [-0.15, -0.1) is 11.3 Å². The summed E-state index contributed by atoms with van der Waals surface area (Å²) >= 11 is 1.47. The molecule has 1 fully saturated rings. The van der Waals surface area contributed by atoms with Crippen LogP contribution in [0, 0.1) is 6.92 Å². The molecule has 0 spiro atoms. The molecule has 1 amide bonds. The van der Waals surface area contributed by atoms with Gasteiger partial charge in [0, 0.05) is 24.5 Å². The minimum atomic E-state index is -0.0814. The molecule has 6 heteroatoms. The fraction of sp³-hybridized carbons (Fsp3) is 0.667. The molecule has 100 valence electrons. The number of aliphatic hydroxyl groups is 1. The van der Waals surface area contributed by atoms with Crippen LogP contribution in [0.1, 0.15) is 28.3 Å². The van der Waals surface area contributed by atoms with Gasteiger partial charge in [0.1, 0.15) is 5.69 Å². The molecule has 5 nitrogen and oxygen atoms in total. The molecule has 2 N–H and O–H groups in total. The minimum Gasteiger partial charge on any atom is -0.395 e. The van der Waals surface area contributed by atoms with Crippen molar-refractivity contribution in [1.82, 2.24) is 15.2 Å². The van der Waals surface area contributed by atoms with Gasteiger partial charge in [-0.05, 0) is 26.3 Å². The number of rotatable bonds is 5. The molecular weight excluding hydrogens is 250 g/mol. The van der Waals surface area contributed by atoms with Crippen LogP contribution in [-0.4, -0.2) is 53.2 Å². The maximum atomic E-state index is 12.3. The van der Waals surface area contributed by atoms with Crippen LogP contribution in [0.25, 0.3) is 0 Å². The van der Waals surface area contributed by atoms with E-state index in [0.29, 0.717) is 24.8 Å². The van der Waals surface area contributed by atoms with E-state index in [1.807, 2.05) is 6.92 Å². The Kier molecular flexibility index (Phi) is 4.68. The lowest BCUT2D eigenvalue weighted by Gasteiger charge is -2.24. The number of nitrogens with one attached hydrogen (secondary N) is 1. The standard InChI is InChI=1S/C12H19N3O2S/c1-9-14-11(8-18-9)12(17)15(5-6-16)7-10-3-2-4-13-10/h8,10,13,16H,2-7H2,1H3. The van der Waals surface area contributed by atoms with Crippen molar-refractivity contribution < 1.29 is 9.90 Å². The highest BCUT2D eigenvalue weighted by Crippen LogP contribution is 2.13. The quantitative estimate of drug-likeness (QED) is 0.823. The number of amides is 1. The Labute approximate surface area is 111 Å². The SMILES string of the molecule is Cc1nc(C(=O)N(CCO)CC2CCCN2)cs1. The Bertz CT molecular complexity index is 402. The van der Waals surface area contributed by atoms with Gasteiger partial charge in [-0.3, -0.25) is 4.79 Å². The van der Waals surface area contributed by atoms with Crippen molar-refractivity contribution in [2.24, 2.45) is 0 Å².